The second kappa shape index (κ2) is 9.80. The molecule has 1 nitrogen and oxygen atoms in total. The van der Waals surface area contributed by atoms with Crippen molar-refractivity contribution in [3.8, 4) is 0 Å². The van der Waals surface area contributed by atoms with Crippen LogP contribution in [0.2, 0.25) is 0 Å². The van der Waals surface area contributed by atoms with Crippen molar-refractivity contribution in [2.75, 3.05) is 0 Å². The molecule has 26 heavy (non-hydrogen) atoms. The van der Waals surface area contributed by atoms with Gasteiger partial charge in [-0.1, -0.05) is 97.9 Å². The maximum Gasteiger partial charge on any atom is 0.186 e. The van der Waals surface area contributed by atoms with Crippen LogP contribution in [0.1, 0.15) is 36.0 Å². The highest BCUT2D eigenvalue weighted by Gasteiger charge is 2.49. The van der Waals surface area contributed by atoms with Crippen LogP contribution < -0.4 is 22.5 Å². The average molecular weight is 493 g/mol. The summed E-state index contributed by atoms with van der Waals surface area (Å²) in [6.07, 6.45) is 1.05. The summed E-state index contributed by atoms with van der Waals surface area (Å²) in [5, 5.41) is -0.173. The Balaban J connectivity index is 0.00000243. The molecular weight excluding hydrogens is 469 g/mol. The van der Waals surface area contributed by atoms with E-state index in [0.717, 1.165) is 6.42 Å². The Morgan fingerprint density at radius 1 is 0.808 bits per heavy atom. The third-order valence-electron chi connectivity index (χ3n) is 4.92. The Labute approximate surface area is 176 Å². The van der Waals surface area contributed by atoms with Gasteiger partial charge in [0.05, 0.1) is 0 Å². The SMILES string of the molecule is CCC(c1ccccc1)C(c1ccccc1)(c1ccccc1)P([NH3+])Br.[Br-]. The van der Waals surface area contributed by atoms with Gasteiger partial charge in [0, 0.05) is 21.4 Å². The van der Waals surface area contributed by atoms with E-state index in [1.165, 1.54) is 16.7 Å². The molecule has 4 heteroatoms. The highest BCUT2D eigenvalue weighted by atomic mass is 79.9. The molecule has 3 N–H and O–H groups in total. The van der Waals surface area contributed by atoms with Crippen molar-refractivity contribution >= 4 is 22.3 Å². The Kier molecular flexibility index (Phi) is 8.04. The predicted octanol–water partition coefficient (Wildman–Crippen LogP) is 3.08. The first-order chi connectivity index (χ1) is 12.2. The minimum atomic E-state index is -0.707. The molecule has 0 heterocycles. The first-order valence-corrected chi connectivity index (χ1v) is 12.2. The molecule has 2 unspecified atom stereocenters. The van der Waals surface area contributed by atoms with Gasteiger partial charge in [-0.05, 0) is 23.1 Å². The molecule has 3 rings (SSSR count). The number of rotatable bonds is 6. The molecule has 0 aliphatic heterocycles. The van der Waals surface area contributed by atoms with Gasteiger partial charge in [-0.2, -0.15) is 0 Å². The van der Waals surface area contributed by atoms with Gasteiger partial charge >= 0.3 is 0 Å². The Hall–Kier alpha value is -0.990. The lowest BCUT2D eigenvalue weighted by Crippen LogP contribution is -3.00. The molecule has 0 bridgehead atoms. The minimum Gasteiger partial charge on any atom is -1.00 e. The predicted molar refractivity (Wildman–Crippen MR) is 112 cm³/mol. The lowest BCUT2D eigenvalue weighted by atomic mass is 9.75. The molecule has 2 atom stereocenters. The first kappa shape index (κ1) is 21.3. The molecule has 0 fully saturated rings. The van der Waals surface area contributed by atoms with Gasteiger partial charge in [0.2, 0.25) is 0 Å². The molecule has 0 aliphatic rings. The maximum atomic E-state index is 4.54. The van der Waals surface area contributed by atoms with E-state index in [4.69, 9.17) is 0 Å². The van der Waals surface area contributed by atoms with Gasteiger partial charge in [0.15, 0.2) is 6.77 Å². The van der Waals surface area contributed by atoms with Gasteiger partial charge in [0.1, 0.15) is 5.16 Å². The minimum absolute atomic E-state index is 0. The van der Waals surface area contributed by atoms with Crippen LogP contribution in [0.3, 0.4) is 0 Å². The second-order valence-electron chi connectivity index (χ2n) is 6.23. The van der Waals surface area contributed by atoms with Crippen LogP contribution in [-0.4, -0.2) is 0 Å². The first-order valence-electron chi connectivity index (χ1n) is 8.63. The van der Waals surface area contributed by atoms with E-state index in [1.807, 2.05) is 0 Å². The summed E-state index contributed by atoms with van der Waals surface area (Å²) in [6, 6.07) is 32.6. The molecule has 0 aromatic heterocycles. The van der Waals surface area contributed by atoms with Crippen LogP contribution >= 0.6 is 22.3 Å². The van der Waals surface area contributed by atoms with E-state index >= 15 is 0 Å². The maximum absolute atomic E-state index is 4.54. The van der Waals surface area contributed by atoms with Crippen LogP contribution in [0.25, 0.3) is 0 Å². The molecule has 0 aliphatic carbocycles. The van der Waals surface area contributed by atoms with Gasteiger partial charge in [-0.25, -0.2) is 0 Å². The van der Waals surface area contributed by atoms with Crippen molar-refractivity contribution in [2.45, 2.75) is 24.4 Å². The number of benzene rings is 3. The standard InChI is InChI=1S/C22H23BrNP.BrH/c1-2-21(18-12-6-3-7-13-18)22(25(23)24,19-14-8-4-9-15-19)20-16-10-5-11-17-20;/h3-17,21H,2,24H2,1H3;1H. The molecule has 0 radical (unpaired) electrons. The second-order valence-corrected chi connectivity index (χ2v) is 10.2. The molecule has 0 spiro atoms. The Bertz CT molecular complexity index is 740. The normalized spacial score (nSPS) is 13.5. The number of hydrogen-bond donors (Lipinski definition) is 1. The fourth-order valence-corrected chi connectivity index (χ4v) is 7.36. The van der Waals surface area contributed by atoms with Crippen LogP contribution in [0, 0.1) is 0 Å². The topological polar surface area (TPSA) is 27.6 Å². The van der Waals surface area contributed by atoms with Gasteiger partial charge in [-0.3, -0.25) is 0 Å². The van der Waals surface area contributed by atoms with E-state index in [2.05, 4.69) is 119 Å². The highest BCUT2D eigenvalue weighted by Crippen LogP contribution is 2.65. The van der Waals surface area contributed by atoms with Crippen molar-refractivity contribution in [1.82, 2.24) is 0 Å². The van der Waals surface area contributed by atoms with E-state index in [0.29, 0.717) is 5.92 Å². The summed E-state index contributed by atoms with van der Waals surface area (Å²) in [6.45, 7) is 1.57. The summed E-state index contributed by atoms with van der Waals surface area (Å²) in [5.41, 5.74) is 8.57. The fourth-order valence-electron chi connectivity index (χ4n) is 3.86. The molecule has 3 aromatic rings. The van der Waals surface area contributed by atoms with Gasteiger partial charge in [-0.15, -0.1) is 0 Å². The largest absolute Gasteiger partial charge is 1.00 e. The number of halogens is 2. The zero-order valence-corrected chi connectivity index (χ0v) is 18.9. The van der Waals surface area contributed by atoms with Crippen LogP contribution in [0.15, 0.2) is 91.0 Å². The summed E-state index contributed by atoms with van der Waals surface area (Å²) < 4.78 is 0. The Morgan fingerprint density at radius 2 is 1.19 bits per heavy atom. The lowest BCUT2D eigenvalue weighted by Gasteiger charge is -2.41. The summed E-state index contributed by atoms with van der Waals surface area (Å²) in [7, 11) is 0. The van der Waals surface area contributed by atoms with E-state index in [1.54, 1.807) is 0 Å². The van der Waals surface area contributed by atoms with Crippen LogP contribution in [0.5, 0.6) is 0 Å². The van der Waals surface area contributed by atoms with Crippen molar-refractivity contribution in [1.29, 1.82) is 0 Å². The fraction of sp³-hybridized carbons (Fsp3) is 0.182. The summed E-state index contributed by atoms with van der Waals surface area (Å²) in [4.78, 5) is 0. The monoisotopic (exact) mass is 491 g/mol. The van der Waals surface area contributed by atoms with Crippen molar-refractivity contribution in [3.63, 3.8) is 0 Å². The van der Waals surface area contributed by atoms with E-state index in [-0.39, 0.29) is 22.1 Å². The molecular formula is C22H24Br2NP. The third kappa shape index (κ3) is 3.97. The number of quaternary nitrogens is 1. The Morgan fingerprint density at radius 3 is 1.54 bits per heavy atom. The van der Waals surface area contributed by atoms with Crippen LogP contribution in [0.4, 0.5) is 0 Å². The quantitative estimate of drug-likeness (QED) is 0.512. The summed E-state index contributed by atoms with van der Waals surface area (Å²) >= 11 is 3.96. The zero-order chi connectivity index (χ0) is 17.7. The molecule has 3 aromatic carbocycles. The highest BCUT2D eigenvalue weighted by molar-refractivity contribution is 9.38. The van der Waals surface area contributed by atoms with E-state index in [9.17, 15) is 0 Å². The zero-order valence-electron chi connectivity index (χ0n) is 14.9. The smallest absolute Gasteiger partial charge is 0.186 e. The lowest BCUT2D eigenvalue weighted by molar-refractivity contribution is -0.157. The summed E-state index contributed by atoms with van der Waals surface area (Å²) in [5.74, 6) is 0.349. The van der Waals surface area contributed by atoms with Crippen molar-refractivity contribution < 1.29 is 22.5 Å². The molecule has 136 valence electrons. The third-order valence-corrected chi connectivity index (χ3v) is 8.20. The molecule has 0 saturated carbocycles. The van der Waals surface area contributed by atoms with Crippen molar-refractivity contribution in [2.24, 2.45) is 0 Å². The molecule has 0 amide bonds. The molecule has 0 saturated heterocycles. The van der Waals surface area contributed by atoms with Crippen LogP contribution in [-0.2, 0) is 5.16 Å². The number of hydrogen-bond acceptors (Lipinski definition) is 0. The van der Waals surface area contributed by atoms with E-state index < -0.39 is 6.77 Å². The average Bonchev–Trinajstić information content (AvgIpc) is 2.68. The van der Waals surface area contributed by atoms with Gasteiger partial charge in [0.25, 0.3) is 0 Å². The van der Waals surface area contributed by atoms with Crippen molar-refractivity contribution in [3.05, 3.63) is 108 Å². The van der Waals surface area contributed by atoms with Gasteiger partial charge < -0.3 is 22.5 Å².